The summed E-state index contributed by atoms with van der Waals surface area (Å²) in [6.45, 7) is 4.32. The average molecular weight is 617 g/mol. The highest BCUT2D eigenvalue weighted by Crippen LogP contribution is 2.43. The number of oxazole rings is 1. The first kappa shape index (κ1) is 29.4. The molecule has 45 heavy (non-hydrogen) atoms. The van der Waals surface area contributed by atoms with E-state index in [-0.39, 0.29) is 18.4 Å². The average Bonchev–Trinajstić information content (AvgIpc) is 3.44. The molecule has 3 aromatic rings. The van der Waals surface area contributed by atoms with Crippen molar-refractivity contribution in [2.24, 2.45) is 0 Å². The molecule has 1 atom stereocenters. The van der Waals surface area contributed by atoms with Crippen LogP contribution in [0.4, 0.5) is 15.3 Å². The molecule has 0 aliphatic carbocycles. The van der Waals surface area contributed by atoms with Crippen LogP contribution in [0, 0.1) is 0 Å². The molecule has 5 heterocycles. The summed E-state index contributed by atoms with van der Waals surface area (Å²) in [6, 6.07) is 12.3. The van der Waals surface area contributed by atoms with Crippen LogP contribution in [-0.4, -0.2) is 89.1 Å². The third-order valence-electron chi connectivity index (χ3n) is 10.0. The third kappa shape index (κ3) is 6.03. The van der Waals surface area contributed by atoms with E-state index in [1.807, 2.05) is 35.2 Å². The van der Waals surface area contributed by atoms with Crippen LogP contribution in [0.1, 0.15) is 56.1 Å². The molecule has 4 amide bonds. The van der Waals surface area contributed by atoms with E-state index in [0.717, 1.165) is 42.7 Å². The number of piperidine rings is 3. The Kier molecular flexibility index (Phi) is 7.99. The van der Waals surface area contributed by atoms with E-state index in [0.29, 0.717) is 56.2 Å². The molecule has 3 N–H and O–H groups in total. The van der Waals surface area contributed by atoms with Crippen LogP contribution in [0.5, 0.6) is 0 Å². The minimum Gasteiger partial charge on any atom is -0.438 e. The zero-order chi connectivity index (χ0) is 31.0. The number of carbonyl (C=O) groups excluding carboxylic acids is 3. The molecule has 12 nitrogen and oxygen atoms in total. The second-order valence-electron chi connectivity index (χ2n) is 12.7. The molecular weight excluding hydrogens is 576 g/mol. The van der Waals surface area contributed by atoms with E-state index in [2.05, 4.69) is 20.5 Å². The summed E-state index contributed by atoms with van der Waals surface area (Å²) in [5.41, 5.74) is 2.63. The molecule has 1 spiro atoms. The quantitative estimate of drug-likeness (QED) is 0.397. The van der Waals surface area contributed by atoms with Gasteiger partial charge in [0.05, 0.1) is 11.2 Å². The fraction of sp³-hybridized carbons (Fsp3) is 0.515. The van der Waals surface area contributed by atoms with Crippen LogP contribution < -0.4 is 16.4 Å². The van der Waals surface area contributed by atoms with Gasteiger partial charge in [-0.05, 0) is 62.5 Å². The number of urea groups is 1. The highest BCUT2D eigenvalue weighted by atomic mass is 16.6. The fourth-order valence-electron chi connectivity index (χ4n) is 7.55. The Morgan fingerprint density at radius 2 is 1.69 bits per heavy atom. The van der Waals surface area contributed by atoms with Crippen molar-refractivity contribution < 1.29 is 23.5 Å². The van der Waals surface area contributed by atoms with Gasteiger partial charge in [-0.3, -0.25) is 15.1 Å². The molecule has 0 saturated carbocycles. The molecular formula is C33H40N6O6. The van der Waals surface area contributed by atoms with Gasteiger partial charge in [0.15, 0.2) is 5.58 Å². The van der Waals surface area contributed by atoms with E-state index >= 15 is 0 Å². The second kappa shape index (κ2) is 12.2. The number of likely N-dealkylation sites (tertiary alicyclic amines) is 3. The number of fused-ring (bicyclic) bond motifs is 3. The predicted octanol–water partition coefficient (Wildman–Crippen LogP) is 3.77. The molecule has 1 aromatic heterocycles. The number of carbonyl (C=O) groups is 3. The largest absolute Gasteiger partial charge is 0.438 e. The number of hydrogen-bond acceptors (Lipinski definition) is 7. The lowest BCUT2D eigenvalue weighted by molar-refractivity contribution is -0.135. The number of hydrogen-bond donors (Lipinski definition) is 3. The Labute approximate surface area is 261 Å². The van der Waals surface area contributed by atoms with Gasteiger partial charge in [-0.1, -0.05) is 30.7 Å². The number of aromatic amines is 1. The number of anilines is 1. The molecule has 12 heteroatoms. The minimum atomic E-state index is -0.792. The second-order valence-corrected chi connectivity index (χ2v) is 12.7. The first-order chi connectivity index (χ1) is 21.9. The van der Waals surface area contributed by atoms with Gasteiger partial charge in [0.25, 0.3) is 0 Å². The summed E-state index contributed by atoms with van der Waals surface area (Å²) in [7, 11) is 0. The van der Waals surface area contributed by atoms with E-state index < -0.39 is 23.5 Å². The topological polar surface area (TPSA) is 140 Å². The van der Waals surface area contributed by atoms with Crippen LogP contribution in [0.15, 0.2) is 51.7 Å². The van der Waals surface area contributed by atoms with E-state index in [1.54, 1.807) is 17.0 Å². The number of nitrogens with one attached hydrogen (secondary N) is 3. The van der Waals surface area contributed by atoms with Crippen LogP contribution in [-0.2, 0) is 21.6 Å². The zero-order valence-corrected chi connectivity index (χ0v) is 25.4. The summed E-state index contributed by atoms with van der Waals surface area (Å²) in [5, 5.41) is 5.81. The number of rotatable bonds is 5. The maximum atomic E-state index is 14.0. The van der Waals surface area contributed by atoms with Crippen molar-refractivity contribution in [3.05, 3.63) is 64.1 Å². The Morgan fingerprint density at radius 3 is 2.47 bits per heavy atom. The molecule has 4 aliphatic heterocycles. The van der Waals surface area contributed by atoms with Gasteiger partial charge in [0.1, 0.15) is 11.6 Å². The van der Waals surface area contributed by atoms with Crippen molar-refractivity contribution in [1.82, 2.24) is 25.0 Å². The number of aromatic nitrogens is 1. The van der Waals surface area contributed by atoms with E-state index in [4.69, 9.17) is 9.15 Å². The molecule has 3 fully saturated rings. The van der Waals surface area contributed by atoms with Crippen molar-refractivity contribution in [2.45, 2.75) is 69.1 Å². The molecule has 0 bridgehead atoms. The Balaban J connectivity index is 1.05. The summed E-state index contributed by atoms with van der Waals surface area (Å²) in [5.74, 6) is -0.643. The number of nitrogens with zero attached hydrogens (tertiary/aromatic N) is 3. The monoisotopic (exact) mass is 616 g/mol. The number of amides is 4. The van der Waals surface area contributed by atoms with E-state index in [1.165, 1.54) is 19.3 Å². The molecule has 2 aromatic carbocycles. The van der Waals surface area contributed by atoms with Gasteiger partial charge in [0, 0.05) is 57.0 Å². The number of benzene rings is 2. The molecule has 238 valence electrons. The highest BCUT2D eigenvalue weighted by molar-refractivity contribution is 5.89. The summed E-state index contributed by atoms with van der Waals surface area (Å²) < 4.78 is 11.1. The Bertz CT molecular complexity index is 1630. The van der Waals surface area contributed by atoms with Crippen molar-refractivity contribution in [3.63, 3.8) is 0 Å². The zero-order valence-electron chi connectivity index (χ0n) is 25.4. The van der Waals surface area contributed by atoms with Crippen LogP contribution in [0.25, 0.3) is 11.1 Å². The Morgan fingerprint density at radius 1 is 0.933 bits per heavy atom. The minimum absolute atomic E-state index is 0.106. The normalized spacial score (nSPS) is 21.2. The standard InChI is InChI=1S/C33H40N6O6/c40-29(38-16-10-23(11-17-38)37-14-4-1-5-15-37)27(20-22-8-9-26-28(21-22)44-31(42)36-26)34-30(41)39-18-12-33(13-19-39)24-6-2-3-7-25(24)35-32(43)45-33/h2-3,6-9,21,23,27H,1,4-5,10-20H2,(H,34,41)(H,35,43)(H,36,42). The number of para-hydroxylation sites is 1. The van der Waals surface area contributed by atoms with Crippen LogP contribution >= 0.6 is 0 Å². The van der Waals surface area contributed by atoms with Crippen LogP contribution in [0.2, 0.25) is 0 Å². The van der Waals surface area contributed by atoms with Gasteiger partial charge in [-0.2, -0.15) is 0 Å². The number of ether oxygens (including phenoxy) is 1. The molecule has 3 saturated heterocycles. The van der Waals surface area contributed by atoms with Crippen LogP contribution in [0.3, 0.4) is 0 Å². The van der Waals surface area contributed by atoms with Crippen molar-refractivity contribution in [1.29, 1.82) is 0 Å². The maximum absolute atomic E-state index is 14.0. The molecule has 0 radical (unpaired) electrons. The SMILES string of the molecule is O=C1Nc2ccccc2C2(CCN(C(=O)NC(Cc3ccc4[nH]c(=O)oc4c3)C(=O)N3CCC(N4CCCCC4)CC3)CC2)O1. The molecule has 7 rings (SSSR count). The van der Waals surface area contributed by atoms with Gasteiger partial charge >= 0.3 is 17.9 Å². The van der Waals surface area contributed by atoms with Gasteiger partial charge in [-0.25, -0.2) is 14.4 Å². The molecule has 4 aliphatic rings. The van der Waals surface area contributed by atoms with Gasteiger partial charge in [-0.15, -0.1) is 0 Å². The van der Waals surface area contributed by atoms with Crippen molar-refractivity contribution in [3.8, 4) is 0 Å². The smallest absolute Gasteiger partial charge is 0.417 e. The lowest BCUT2D eigenvalue weighted by atomic mass is 9.82. The summed E-state index contributed by atoms with van der Waals surface area (Å²) in [4.78, 5) is 60.6. The highest BCUT2D eigenvalue weighted by Gasteiger charge is 2.45. The summed E-state index contributed by atoms with van der Waals surface area (Å²) >= 11 is 0. The Hall–Kier alpha value is -4.32. The maximum Gasteiger partial charge on any atom is 0.417 e. The first-order valence-corrected chi connectivity index (χ1v) is 16.2. The van der Waals surface area contributed by atoms with Crippen molar-refractivity contribution in [2.75, 3.05) is 44.6 Å². The van der Waals surface area contributed by atoms with Gasteiger partial charge < -0.3 is 29.2 Å². The number of H-pyrrole nitrogens is 1. The first-order valence-electron chi connectivity index (χ1n) is 16.2. The predicted molar refractivity (Wildman–Crippen MR) is 167 cm³/mol. The van der Waals surface area contributed by atoms with Crippen molar-refractivity contribution >= 4 is 34.8 Å². The lowest BCUT2D eigenvalue weighted by Gasteiger charge is -2.44. The van der Waals surface area contributed by atoms with Gasteiger partial charge in [0.2, 0.25) is 5.91 Å². The third-order valence-corrected chi connectivity index (χ3v) is 10.0. The fourth-order valence-corrected chi connectivity index (χ4v) is 7.55. The summed E-state index contributed by atoms with van der Waals surface area (Å²) in [6.07, 6.45) is 6.30. The lowest BCUT2D eigenvalue weighted by Crippen LogP contribution is -2.57. The van der Waals surface area contributed by atoms with E-state index in [9.17, 15) is 19.2 Å². The molecule has 1 unspecified atom stereocenters.